The molecule has 0 aromatic heterocycles. The van der Waals surface area contributed by atoms with E-state index in [1.54, 1.807) is 0 Å². The zero-order chi connectivity index (χ0) is 11.3. The lowest BCUT2D eigenvalue weighted by Gasteiger charge is -2.34. The fraction of sp³-hybridized carbons (Fsp3) is 0.846. The summed E-state index contributed by atoms with van der Waals surface area (Å²) in [5, 5.41) is 0. The van der Waals surface area contributed by atoms with Crippen molar-refractivity contribution >= 4 is 0 Å². The maximum atomic E-state index is 5.95. The summed E-state index contributed by atoms with van der Waals surface area (Å²) in [7, 11) is 0. The molecule has 15 heavy (non-hydrogen) atoms. The van der Waals surface area contributed by atoms with Gasteiger partial charge in [-0.05, 0) is 38.3 Å². The Kier molecular flexibility index (Phi) is 4.81. The van der Waals surface area contributed by atoms with Crippen LogP contribution in [0.4, 0.5) is 0 Å². The van der Waals surface area contributed by atoms with Gasteiger partial charge in [0, 0.05) is 13.1 Å². The molecule has 0 saturated heterocycles. The van der Waals surface area contributed by atoms with Gasteiger partial charge in [-0.2, -0.15) is 0 Å². The summed E-state index contributed by atoms with van der Waals surface area (Å²) < 4.78 is 0. The number of likely N-dealkylation sites (N-methyl/N-ethyl adjacent to an activating group) is 1. The van der Waals surface area contributed by atoms with Gasteiger partial charge in [-0.3, -0.25) is 4.90 Å². The molecule has 0 radical (unpaired) electrons. The molecule has 1 rings (SSSR count). The Morgan fingerprint density at radius 2 is 2.00 bits per heavy atom. The SMILES string of the molecule is C=C(C)CN(CC)CC1(CN)CCCC1. The van der Waals surface area contributed by atoms with Gasteiger partial charge in [-0.25, -0.2) is 0 Å². The fourth-order valence-corrected chi connectivity index (χ4v) is 2.69. The summed E-state index contributed by atoms with van der Waals surface area (Å²) in [6.45, 7) is 12.5. The van der Waals surface area contributed by atoms with E-state index in [9.17, 15) is 0 Å². The highest BCUT2D eigenvalue weighted by Gasteiger charge is 2.33. The molecule has 0 aromatic rings. The van der Waals surface area contributed by atoms with Gasteiger partial charge in [0.2, 0.25) is 0 Å². The molecule has 1 fully saturated rings. The maximum Gasteiger partial charge on any atom is 0.0187 e. The fourth-order valence-electron chi connectivity index (χ4n) is 2.69. The van der Waals surface area contributed by atoms with E-state index in [0.717, 1.165) is 26.2 Å². The van der Waals surface area contributed by atoms with Crippen LogP contribution < -0.4 is 5.73 Å². The Bertz CT molecular complexity index is 205. The molecule has 2 N–H and O–H groups in total. The minimum absolute atomic E-state index is 0.408. The number of nitrogens with zero attached hydrogens (tertiary/aromatic N) is 1. The van der Waals surface area contributed by atoms with E-state index in [-0.39, 0.29) is 0 Å². The van der Waals surface area contributed by atoms with Crippen LogP contribution in [0.2, 0.25) is 0 Å². The molecule has 0 atom stereocenters. The van der Waals surface area contributed by atoms with E-state index < -0.39 is 0 Å². The molecule has 0 bridgehead atoms. The second-order valence-electron chi connectivity index (χ2n) is 5.17. The zero-order valence-corrected chi connectivity index (χ0v) is 10.4. The van der Waals surface area contributed by atoms with Crippen molar-refractivity contribution < 1.29 is 0 Å². The molecular formula is C13H26N2. The molecule has 0 unspecified atom stereocenters. The predicted molar refractivity (Wildman–Crippen MR) is 66.9 cm³/mol. The monoisotopic (exact) mass is 210 g/mol. The van der Waals surface area contributed by atoms with Gasteiger partial charge in [0.15, 0.2) is 0 Å². The highest BCUT2D eigenvalue weighted by Crippen LogP contribution is 2.37. The normalized spacial score (nSPS) is 19.7. The summed E-state index contributed by atoms with van der Waals surface area (Å²) >= 11 is 0. The van der Waals surface area contributed by atoms with Gasteiger partial charge in [-0.15, -0.1) is 0 Å². The second kappa shape index (κ2) is 5.66. The minimum atomic E-state index is 0.408. The Labute approximate surface area is 94.5 Å². The van der Waals surface area contributed by atoms with Gasteiger partial charge >= 0.3 is 0 Å². The minimum Gasteiger partial charge on any atom is -0.330 e. The highest BCUT2D eigenvalue weighted by molar-refractivity contribution is 4.95. The summed E-state index contributed by atoms with van der Waals surface area (Å²) in [4.78, 5) is 2.49. The van der Waals surface area contributed by atoms with Crippen LogP contribution in [0.15, 0.2) is 12.2 Å². The summed E-state index contributed by atoms with van der Waals surface area (Å²) in [5.74, 6) is 0. The number of nitrogens with two attached hydrogens (primary N) is 1. The number of hydrogen-bond acceptors (Lipinski definition) is 2. The van der Waals surface area contributed by atoms with Crippen molar-refractivity contribution in [3.8, 4) is 0 Å². The molecule has 1 aliphatic rings. The van der Waals surface area contributed by atoms with Crippen molar-refractivity contribution in [1.29, 1.82) is 0 Å². The summed E-state index contributed by atoms with van der Waals surface area (Å²) in [5.41, 5.74) is 7.61. The van der Waals surface area contributed by atoms with Crippen molar-refractivity contribution in [2.24, 2.45) is 11.1 Å². The van der Waals surface area contributed by atoms with Crippen molar-refractivity contribution in [2.45, 2.75) is 39.5 Å². The third kappa shape index (κ3) is 3.62. The first-order valence-corrected chi connectivity index (χ1v) is 6.19. The van der Waals surface area contributed by atoms with Crippen LogP contribution in [-0.2, 0) is 0 Å². The van der Waals surface area contributed by atoms with Crippen molar-refractivity contribution in [1.82, 2.24) is 4.90 Å². The molecule has 1 saturated carbocycles. The van der Waals surface area contributed by atoms with E-state index in [2.05, 4.69) is 25.3 Å². The molecule has 1 aliphatic carbocycles. The van der Waals surface area contributed by atoms with Gasteiger partial charge in [-0.1, -0.05) is 31.9 Å². The number of rotatable bonds is 6. The Morgan fingerprint density at radius 3 is 2.40 bits per heavy atom. The lowest BCUT2D eigenvalue weighted by molar-refractivity contribution is 0.173. The third-order valence-corrected chi connectivity index (χ3v) is 3.60. The molecule has 2 nitrogen and oxygen atoms in total. The molecule has 2 heteroatoms. The van der Waals surface area contributed by atoms with Gasteiger partial charge < -0.3 is 5.73 Å². The molecule has 88 valence electrons. The average Bonchev–Trinajstić information content (AvgIpc) is 2.65. The maximum absolute atomic E-state index is 5.95. The van der Waals surface area contributed by atoms with Crippen LogP contribution in [0, 0.1) is 5.41 Å². The van der Waals surface area contributed by atoms with Crippen LogP contribution >= 0.6 is 0 Å². The first kappa shape index (κ1) is 12.7. The highest BCUT2D eigenvalue weighted by atomic mass is 15.1. The van der Waals surface area contributed by atoms with Crippen molar-refractivity contribution in [3.63, 3.8) is 0 Å². The second-order valence-corrected chi connectivity index (χ2v) is 5.17. The van der Waals surface area contributed by atoms with Gasteiger partial charge in [0.05, 0.1) is 0 Å². The van der Waals surface area contributed by atoms with Gasteiger partial charge in [0.25, 0.3) is 0 Å². The molecule has 0 aliphatic heterocycles. The van der Waals surface area contributed by atoms with Crippen LogP contribution in [0.25, 0.3) is 0 Å². The van der Waals surface area contributed by atoms with E-state index in [1.807, 2.05) is 0 Å². The molecule has 0 heterocycles. The lowest BCUT2D eigenvalue weighted by Crippen LogP contribution is -2.41. The van der Waals surface area contributed by atoms with E-state index in [1.165, 1.54) is 31.3 Å². The molecule has 0 aromatic carbocycles. The predicted octanol–water partition coefficient (Wildman–Crippen LogP) is 2.40. The lowest BCUT2D eigenvalue weighted by atomic mass is 9.85. The Balaban J connectivity index is 2.51. The summed E-state index contributed by atoms with van der Waals surface area (Å²) in [6, 6.07) is 0. The van der Waals surface area contributed by atoms with Crippen LogP contribution in [-0.4, -0.2) is 31.1 Å². The van der Waals surface area contributed by atoms with Crippen molar-refractivity contribution in [3.05, 3.63) is 12.2 Å². The first-order valence-electron chi connectivity index (χ1n) is 6.19. The van der Waals surface area contributed by atoms with E-state index in [0.29, 0.717) is 5.41 Å². The topological polar surface area (TPSA) is 29.3 Å². The van der Waals surface area contributed by atoms with E-state index in [4.69, 9.17) is 5.73 Å². The average molecular weight is 210 g/mol. The Hall–Kier alpha value is -0.340. The largest absolute Gasteiger partial charge is 0.330 e. The molecule has 0 amide bonds. The van der Waals surface area contributed by atoms with Crippen LogP contribution in [0.5, 0.6) is 0 Å². The standard InChI is InChI=1S/C13H26N2/c1-4-15(9-12(2)3)11-13(10-14)7-5-6-8-13/h2,4-11,14H2,1,3H3. The van der Waals surface area contributed by atoms with Gasteiger partial charge in [0.1, 0.15) is 0 Å². The van der Waals surface area contributed by atoms with Crippen LogP contribution in [0.3, 0.4) is 0 Å². The smallest absolute Gasteiger partial charge is 0.0187 e. The first-order chi connectivity index (χ1) is 7.12. The van der Waals surface area contributed by atoms with E-state index >= 15 is 0 Å². The van der Waals surface area contributed by atoms with Crippen LogP contribution in [0.1, 0.15) is 39.5 Å². The number of hydrogen-bond donors (Lipinski definition) is 1. The Morgan fingerprint density at radius 1 is 1.40 bits per heavy atom. The molecule has 0 spiro atoms. The zero-order valence-electron chi connectivity index (χ0n) is 10.4. The molecular weight excluding hydrogens is 184 g/mol. The third-order valence-electron chi connectivity index (χ3n) is 3.60. The quantitative estimate of drug-likeness (QED) is 0.682. The van der Waals surface area contributed by atoms with Crippen molar-refractivity contribution in [2.75, 3.05) is 26.2 Å². The summed E-state index contributed by atoms with van der Waals surface area (Å²) in [6.07, 6.45) is 5.36.